The van der Waals surface area contributed by atoms with Gasteiger partial charge in [-0.3, -0.25) is 9.59 Å². The highest BCUT2D eigenvalue weighted by molar-refractivity contribution is 9.10. The Kier molecular flexibility index (Phi) is 4.63. The second-order valence-corrected chi connectivity index (χ2v) is 6.05. The lowest BCUT2D eigenvalue weighted by atomic mass is 10.1. The zero-order valence-corrected chi connectivity index (χ0v) is 13.8. The van der Waals surface area contributed by atoms with Crippen molar-refractivity contribution in [3.05, 3.63) is 52.3 Å². The van der Waals surface area contributed by atoms with Crippen molar-refractivity contribution in [3.63, 3.8) is 0 Å². The van der Waals surface area contributed by atoms with Gasteiger partial charge in [0, 0.05) is 28.0 Å². The van der Waals surface area contributed by atoms with E-state index in [4.69, 9.17) is 0 Å². The van der Waals surface area contributed by atoms with Gasteiger partial charge in [0.1, 0.15) is 5.69 Å². The van der Waals surface area contributed by atoms with E-state index in [1.54, 1.807) is 30.3 Å². The van der Waals surface area contributed by atoms with Gasteiger partial charge >= 0.3 is 0 Å². The summed E-state index contributed by atoms with van der Waals surface area (Å²) in [5.41, 5.74) is 1.76. The summed E-state index contributed by atoms with van der Waals surface area (Å²) in [5, 5.41) is 2.83. The van der Waals surface area contributed by atoms with Gasteiger partial charge in [0.2, 0.25) is 0 Å². The maximum absolute atomic E-state index is 12.4. The minimum absolute atomic E-state index is 0.0283. The molecule has 0 atom stereocenters. The molecule has 0 radical (unpaired) electrons. The number of carbonyl (C=O) groups excluding carboxylic acids is 2. The zero-order valence-electron chi connectivity index (χ0n) is 12.2. The molecule has 2 rings (SSSR count). The third kappa shape index (κ3) is 3.61. The molecule has 1 aromatic carbocycles. The molecule has 110 valence electrons. The number of Topliss-reactive ketones (excluding diaryl/α,β-unsaturated/α-hetero) is 1. The first kappa shape index (κ1) is 15.5. The van der Waals surface area contributed by atoms with Crippen molar-refractivity contribution in [2.75, 3.05) is 5.32 Å². The molecular weight excluding hydrogens is 332 g/mol. The highest BCUT2D eigenvalue weighted by atomic mass is 79.9. The predicted octanol–water partition coefficient (Wildman–Crippen LogP) is 4.29. The number of hydrogen-bond acceptors (Lipinski definition) is 2. The number of nitrogens with one attached hydrogen (secondary N) is 1. The number of benzene rings is 1. The third-order valence-electron chi connectivity index (χ3n) is 3.13. The topological polar surface area (TPSA) is 51.1 Å². The van der Waals surface area contributed by atoms with Gasteiger partial charge in [0.05, 0.1) is 0 Å². The van der Waals surface area contributed by atoms with Crippen LogP contribution in [0.5, 0.6) is 0 Å². The van der Waals surface area contributed by atoms with Crippen LogP contribution in [-0.4, -0.2) is 16.3 Å². The average molecular weight is 349 g/mol. The molecule has 21 heavy (non-hydrogen) atoms. The summed E-state index contributed by atoms with van der Waals surface area (Å²) in [6.07, 6.45) is 1.88. The Morgan fingerprint density at radius 3 is 2.57 bits per heavy atom. The minimum Gasteiger partial charge on any atom is -0.340 e. The maximum atomic E-state index is 12.4. The molecule has 4 nitrogen and oxygen atoms in total. The molecule has 0 unspecified atom stereocenters. The average Bonchev–Trinajstić information content (AvgIpc) is 2.81. The molecule has 5 heteroatoms. The first-order chi connectivity index (χ1) is 9.88. The van der Waals surface area contributed by atoms with E-state index in [0.717, 1.165) is 4.47 Å². The maximum Gasteiger partial charge on any atom is 0.272 e. The summed E-state index contributed by atoms with van der Waals surface area (Å²) in [4.78, 5) is 23.8. The van der Waals surface area contributed by atoms with Crippen LogP contribution >= 0.6 is 15.9 Å². The van der Waals surface area contributed by atoms with E-state index in [2.05, 4.69) is 21.2 Å². The van der Waals surface area contributed by atoms with E-state index in [1.807, 2.05) is 24.6 Å². The molecule has 0 aliphatic carbocycles. The smallest absolute Gasteiger partial charge is 0.272 e. The highest BCUT2D eigenvalue weighted by Crippen LogP contribution is 2.21. The minimum atomic E-state index is -0.199. The molecule has 0 bridgehead atoms. The highest BCUT2D eigenvalue weighted by Gasteiger charge is 2.15. The Morgan fingerprint density at radius 2 is 1.95 bits per heavy atom. The van der Waals surface area contributed by atoms with Gasteiger partial charge in [0.15, 0.2) is 5.78 Å². The molecule has 2 aromatic rings. The summed E-state index contributed by atoms with van der Waals surface area (Å²) in [5.74, 6) is -0.227. The fourth-order valence-electron chi connectivity index (χ4n) is 2.07. The Balaban J connectivity index is 2.26. The second-order valence-electron chi connectivity index (χ2n) is 5.14. The lowest BCUT2D eigenvalue weighted by Gasteiger charge is -2.13. The fraction of sp³-hybridized carbons (Fsp3) is 0.250. The number of anilines is 1. The van der Waals surface area contributed by atoms with E-state index in [0.29, 0.717) is 16.9 Å². The number of nitrogens with zero attached hydrogens (tertiary/aromatic N) is 1. The predicted molar refractivity (Wildman–Crippen MR) is 86.9 cm³/mol. The van der Waals surface area contributed by atoms with Crippen molar-refractivity contribution in [2.45, 2.75) is 26.8 Å². The third-order valence-corrected chi connectivity index (χ3v) is 3.56. The van der Waals surface area contributed by atoms with Crippen LogP contribution in [-0.2, 0) is 0 Å². The number of carbonyl (C=O) groups is 2. The van der Waals surface area contributed by atoms with Crippen LogP contribution < -0.4 is 5.32 Å². The van der Waals surface area contributed by atoms with Crippen molar-refractivity contribution in [1.29, 1.82) is 0 Å². The van der Waals surface area contributed by atoms with Crippen LogP contribution in [0.4, 0.5) is 5.69 Å². The molecule has 1 heterocycles. The van der Waals surface area contributed by atoms with Gasteiger partial charge in [-0.25, -0.2) is 0 Å². The number of aromatic nitrogens is 1. The first-order valence-corrected chi connectivity index (χ1v) is 7.47. The van der Waals surface area contributed by atoms with Crippen LogP contribution in [0, 0.1) is 0 Å². The zero-order chi connectivity index (χ0) is 15.6. The van der Waals surface area contributed by atoms with Crippen LogP contribution in [0.15, 0.2) is 41.0 Å². The molecule has 0 aliphatic heterocycles. The number of ketones is 1. The summed E-state index contributed by atoms with van der Waals surface area (Å²) in [6.45, 7) is 5.53. The molecular formula is C16H17BrN2O2. The van der Waals surface area contributed by atoms with Gasteiger partial charge in [-0.1, -0.05) is 12.1 Å². The van der Waals surface area contributed by atoms with Crippen molar-refractivity contribution in [3.8, 4) is 0 Å². The molecule has 1 N–H and O–H groups in total. The van der Waals surface area contributed by atoms with Gasteiger partial charge in [-0.05, 0) is 54.9 Å². The first-order valence-electron chi connectivity index (χ1n) is 6.68. The molecule has 0 spiro atoms. The Bertz CT molecular complexity index is 689. The monoisotopic (exact) mass is 348 g/mol. The van der Waals surface area contributed by atoms with Crippen molar-refractivity contribution >= 4 is 33.3 Å². The van der Waals surface area contributed by atoms with E-state index in [9.17, 15) is 9.59 Å². The van der Waals surface area contributed by atoms with E-state index >= 15 is 0 Å². The van der Waals surface area contributed by atoms with Gasteiger partial charge in [-0.2, -0.15) is 0 Å². The standard InChI is InChI=1S/C16H17BrN2O2/c1-10(2)19-9-13(17)8-15(19)16(21)18-14-6-4-5-12(7-14)11(3)20/h4-10H,1-3H3,(H,18,21). The number of amides is 1. The van der Waals surface area contributed by atoms with Gasteiger partial charge in [0.25, 0.3) is 5.91 Å². The second kappa shape index (κ2) is 6.26. The lowest BCUT2D eigenvalue weighted by molar-refractivity contribution is 0.100. The molecule has 0 aliphatic rings. The van der Waals surface area contributed by atoms with Crippen LogP contribution in [0.1, 0.15) is 47.7 Å². The van der Waals surface area contributed by atoms with Crippen LogP contribution in [0.3, 0.4) is 0 Å². The molecule has 0 saturated heterocycles. The van der Waals surface area contributed by atoms with Crippen molar-refractivity contribution in [2.24, 2.45) is 0 Å². The van der Waals surface area contributed by atoms with E-state index in [1.165, 1.54) is 6.92 Å². The summed E-state index contributed by atoms with van der Waals surface area (Å²) in [6, 6.07) is 8.89. The summed E-state index contributed by atoms with van der Waals surface area (Å²) in [7, 11) is 0. The van der Waals surface area contributed by atoms with Gasteiger partial charge < -0.3 is 9.88 Å². The summed E-state index contributed by atoms with van der Waals surface area (Å²) >= 11 is 3.39. The van der Waals surface area contributed by atoms with Crippen molar-refractivity contribution in [1.82, 2.24) is 4.57 Å². The number of halogens is 1. The Morgan fingerprint density at radius 1 is 1.24 bits per heavy atom. The van der Waals surface area contributed by atoms with Crippen LogP contribution in [0.2, 0.25) is 0 Å². The van der Waals surface area contributed by atoms with E-state index < -0.39 is 0 Å². The van der Waals surface area contributed by atoms with E-state index in [-0.39, 0.29) is 17.7 Å². The quantitative estimate of drug-likeness (QED) is 0.838. The molecule has 1 aromatic heterocycles. The SMILES string of the molecule is CC(=O)c1cccc(NC(=O)c2cc(Br)cn2C(C)C)c1. The van der Waals surface area contributed by atoms with Gasteiger partial charge in [-0.15, -0.1) is 0 Å². The lowest BCUT2D eigenvalue weighted by Crippen LogP contribution is -2.17. The molecule has 0 saturated carbocycles. The van der Waals surface area contributed by atoms with Crippen LogP contribution in [0.25, 0.3) is 0 Å². The summed E-state index contributed by atoms with van der Waals surface area (Å²) < 4.78 is 2.76. The largest absolute Gasteiger partial charge is 0.340 e. The Labute approximate surface area is 132 Å². The molecule has 1 amide bonds. The Hall–Kier alpha value is -1.88. The van der Waals surface area contributed by atoms with Crippen molar-refractivity contribution < 1.29 is 9.59 Å². The normalized spacial score (nSPS) is 10.7. The number of rotatable bonds is 4. The molecule has 0 fully saturated rings. The number of hydrogen-bond donors (Lipinski definition) is 1. The fourth-order valence-corrected chi connectivity index (χ4v) is 2.50.